The highest BCUT2D eigenvalue weighted by molar-refractivity contribution is 9.10. The molecule has 1 aliphatic rings. The lowest BCUT2D eigenvalue weighted by Gasteiger charge is -2.38. The van der Waals surface area contributed by atoms with Crippen molar-refractivity contribution in [2.24, 2.45) is 5.92 Å². The second-order valence-electron chi connectivity index (χ2n) is 5.64. The number of halogens is 1. The largest absolute Gasteiger partial charge is 0.492 e. The van der Waals surface area contributed by atoms with E-state index in [1.54, 1.807) is 12.4 Å². The van der Waals surface area contributed by atoms with Crippen LogP contribution in [0.4, 0.5) is 5.95 Å². The summed E-state index contributed by atoms with van der Waals surface area (Å²) in [4.78, 5) is 15.3. The lowest BCUT2D eigenvalue weighted by atomic mass is 10.0. The standard InChI is InChI=1S/C17H15BrN4O/c18-14-3-4-16-13(6-14)7-20-17(21-16)22-9-12(10-22)11-23-15-2-1-5-19-8-15/h1-8,12H,9-11H2. The van der Waals surface area contributed by atoms with Crippen molar-refractivity contribution in [3.8, 4) is 5.75 Å². The van der Waals surface area contributed by atoms with Crippen LogP contribution in [-0.2, 0) is 0 Å². The normalized spacial score (nSPS) is 14.7. The van der Waals surface area contributed by atoms with Gasteiger partial charge in [-0.25, -0.2) is 9.97 Å². The van der Waals surface area contributed by atoms with Gasteiger partial charge in [0.25, 0.3) is 0 Å². The summed E-state index contributed by atoms with van der Waals surface area (Å²) in [6.45, 7) is 2.54. The summed E-state index contributed by atoms with van der Waals surface area (Å²) < 4.78 is 6.78. The van der Waals surface area contributed by atoms with Crippen LogP contribution in [0.5, 0.6) is 5.75 Å². The van der Waals surface area contributed by atoms with Gasteiger partial charge < -0.3 is 9.64 Å². The lowest BCUT2D eigenvalue weighted by molar-refractivity contribution is 0.219. The molecule has 1 fully saturated rings. The van der Waals surface area contributed by atoms with Crippen LogP contribution in [0.25, 0.3) is 10.9 Å². The highest BCUT2D eigenvalue weighted by Gasteiger charge is 2.29. The Morgan fingerprint density at radius 2 is 2.13 bits per heavy atom. The summed E-state index contributed by atoms with van der Waals surface area (Å²) in [6, 6.07) is 9.84. The molecule has 0 N–H and O–H groups in total. The van der Waals surface area contributed by atoms with E-state index in [9.17, 15) is 0 Å². The maximum absolute atomic E-state index is 5.74. The second-order valence-corrected chi connectivity index (χ2v) is 6.56. The summed E-state index contributed by atoms with van der Waals surface area (Å²) >= 11 is 3.46. The fourth-order valence-corrected chi connectivity index (χ4v) is 3.01. The smallest absolute Gasteiger partial charge is 0.225 e. The first-order valence-electron chi connectivity index (χ1n) is 7.48. The first-order valence-corrected chi connectivity index (χ1v) is 8.27. The van der Waals surface area contributed by atoms with Gasteiger partial charge in [0.15, 0.2) is 0 Å². The van der Waals surface area contributed by atoms with Gasteiger partial charge in [-0.15, -0.1) is 0 Å². The monoisotopic (exact) mass is 370 g/mol. The quantitative estimate of drug-likeness (QED) is 0.705. The minimum atomic E-state index is 0.499. The van der Waals surface area contributed by atoms with Crippen LogP contribution in [0.3, 0.4) is 0 Å². The van der Waals surface area contributed by atoms with Crippen molar-refractivity contribution in [1.82, 2.24) is 15.0 Å². The predicted octanol–water partition coefficient (Wildman–Crippen LogP) is 3.30. The van der Waals surface area contributed by atoms with Gasteiger partial charge in [0.2, 0.25) is 5.95 Å². The Hall–Kier alpha value is -2.21. The lowest BCUT2D eigenvalue weighted by Crippen LogP contribution is -2.50. The van der Waals surface area contributed by atoms with Crippen LogP contribution < -0.4 is 9.64 Å². The first-order chi connectivity index (χ1) is 11.3. The Balaban J connectivity index is 1.37. The van der Waals surface area contributed by atoms with Crippen LogP contribution in [-0.4, -0.2) is 34.6 Å². The number of nitrogens with zero attached hydrogens (tertiary/aromatic N) is 4. The number of hydrogen-bond acceptors (Lipinski definition) is 5. The second kappa shape index (κ2) is 6.12. The Morgan fingerprint density at radius 3 is 2.96 bits per heavy atom. The number of aromatic nitrogens is 3. The molecule has 0 radical (unpaired) electrons. The Kier molecular flexibility index (Phi) is 3.83. The van der Waals surface area contributed by atoms with Crippen LogP contribution in [0.15, 0.2) is 53.4 Å². The fraction of sp³-hybridized carbons (Fsp3) is 0.235. The van der Waals surface area contributed by atoms with Crippen molar-refractivity contribution in [2.75, 3.05) is 24.6 Å². The number of rotatable bonds is 4. The molecule has 0 aliphatic carbocycles. The molecule has 1 aromatic carbocycles. The maximum Gasteiger partial charge on any atom is 0.225 e. The van der Waals surface area contributed by atoms with E-state index in [0.717, 1.165) is 40.2 Å². The summed E-state index contributed by atoms with van der Waals surface area (Å²) in [7, 11) is 0. The molecule has 116 valence electrons. The SMILES string of the molecule is Brc1ccc2nc(N3CC(COc4cccnc4)C3)ncc2c1. The molecule has 1 saturated heterocycles. The zero-order chi connectivity index (χ0) is 15.6. The van der Waals surface area contributed by atoms with Gasteiger partial charge in [0, 0.05) is 41.3 Å². The molecule has 4 rings (SSSR count). The third kappa shape index (κ3) is 3.12. The third-order valence-corrected chi connectivity index (χ3v) is 4.38. The van der Waals surface area contributed by atoms with Crippen LogP contribution in [0, 0.1) is 5.92 Å². The van der Waals surface area contributed by atoms with Crippen molar-refractivity contribution in [3.63, 3.8) is 0 Å². The predicted molar refractivity (Wildman–Crippen MR) is 92.7 cm³/mol. The van der Waals surface area contributed by atoms with Gasteiger partial charge in [-0.05, 0) is 30.3 Å². The van der Waals surface area contributed by atoms with Crippen molar-refractivity contribution in [3.05, 3.63) is 53.4 Å². The molecule has 6 heteroatoms. The molecule has 0 spiro atoms. The highest BCUT2D eigenvalue weighted by Crippen LogP contribution is 2.25. The van der Waals surface area contributed by atoms with Crippen molar-refractivity contribution in [1.29, 1.82) is 0 Å². The van der Waals surface area contributed by atoms with Gasteiger partial charge in [-0.3, -0.25) is 4.98 Å². The zero-order valence-corrected chi connectivity index (χ0v) is 14.0. The highest BCUT2D eigenvalue weighted by atomic mass is 79.9. The van der Waals surface area contributed by atoms with E-state index >= 15 is 0 Å². The number of pyridine rings is 1. The van der Waals surface area contributed by atoms with E-state index in [4.69, 9.17) is 4.74 Å². The average molecular weight is 371 g/mol. The van der Waals surface area contributed by atoms with E-state index in [0.29, 0.717) is 12.5 Å². The number of anilines is 1. The van der Waals surface area contributed by atoms with Crippen molar-refractivity contribution < 1.29 is 4.74 Å². The number of benzene rings is 1. The first kappa shape index (κ1) is 14.4. The molecule has 0 amide bonds. The van der Waals surface area contributed by atoms with E-state index in [1.165, 1.54) is 0 Å². The summed E-state index contributed by atoms with van der Waals surface area (Å²) in [5.74, 6) is 2.11. The molecule has 3 aromatic rings. The van der Waals surface area contributed by atoms with E-state index in [-0.39, 0.29) is 0 Å². The molecule has 5 nitrogen and oxygen atoms in total. The maximum atomic E-state index is 5.74. The van der Waals surface area contributed by atoms with Crippen LogP contribution >= 0.6 is 15.9 Å². The molecule has 2 aromatic heterocycles. The van der Waals surface area contributed by atoms with Crippen molar-refractivity contribution >= 4 is 32.8 Å². The summed E-state index contributed by atoms with van der Waals surface area (Å²) in [6.07, 6.45) is 5.36. The number of fused-ring (bicyclic) bond motifs is 1. The Bertz CT molecular complexity index is 821. The van der Waals surface area contributed by atoms with E-state index in [1.807, 2.05) is 36.5 Å². The molecule has 23 heavy (non-hydrogen) atoms. The fourth-order valence-electron chi connectivity index (χ4n) is 2.63. The molecule has 0 unspecified atom stereocenters. The van der Waals surface area contributed by atoms with E-state index in [2.05, 4.69) is 35.8 Å². The van der Waals surface area contributed by atoms with Gasteiger partial charge >= 0.3 is 0 Å². The molecule has 0 saturated carbocycles. The topological polar surface area (TPSA) is 51.1 Å². The molecule has 0 atom stereocenters. The summed E-state index contributed by atoms with van der Waals surface area (Å²) in [5, 5.41) is 1.04. The number of ether oxygens (including phenoxy) is 1. The average Bonchev–Trinajstić information content (AvgIpc) is 2.54. The number of hydrogen-bond donors (Lipinski definition) is 0. The van der Waals surface area contributed by atoms with Crippen LogP contribution in [0.2, 0.25) is 0 Å². The Labute approximate surface area is 142 Å². The van der Waals surface area contributed by atoms with Crippen molar-refractivity contribution in [2.45, 2.75) is 0 Å². The molecular weight excluding hydrogens is 356 g/mol. The van der Waals surface area contributed by atoms with Gasteiger partial charge in [0.1, 0.15) is 5.75 Å². The summed E-state index contributed by atoms with van der Waals surface area (Å²) in [5.41, 5.74) is 0.966. The minimum Gasteiger partial charge on any atom is -0.492 e. The molecule has 1 aliphatic heterocycles. The van der Waals surface area contributed by atoms with Gasteiger partial charge in [-0.2, -0.15) is 0 Å². The van der Waals surface area contributed by atoms with Gasteiger partial charge in [0.05, 0.1) is 18.3 Å². The zero-order valence-electron chi connectivity index (χ0n) is 12.4. The Morgan fingerprint density at radius 1 is 1.22 bits per heavy atom. The third-order valence-electron chi connectivity index (χ3n) is 3.89. The molecule has 3 heterocycles. The molecular formula is C17H15BrN4O. The van der Waals surface area contributed by atoms with Crippen LogP contribution in [0.1, 0.15) is 0 Å². The minimum absolute atomic E-state index is 0.499. The van der Waals surface area contributed by atoms with E-state index < -0.39 is 0 Å². The molecule has 0 bridgehead atoms. The van der Waals surface area contributed by atoms with Gasteiger partial charge in [-0.1, -0.05) is 15.9 Å².